The second kappa shape index (κ2) is 14.2. The van der Waals surface area contributed by atoms with Gasteiger partial charge in [-0.1, -0.05) is 182 Å². The molecule has 3 nitrogen and oxygen atoms in total. The summed E-state index contributed by atoms with van der Waals surface area (Å²) in [5.41, 5.74) is 19.9. The zero-order valence-corrected chi connectivity index (χ0v) is 39.5. The fourth-order valence-electron chi connectivity index (χ4n) is 13.1. The molecule has 0 unspecified atom stereocenters. The Bertz CT molecular complexity index is 5010. The van der Waals surface area contributed by atoms with Crippen molar-refractivity contribution in [2.75, 3.05) is 0 Å². The van der Waals surface area contributed by atoms with Gasteiger partial charge in [0.05, 0.1) is 27.5 Å². The van der Waals surface area contributed by atoms with Gasteiger partial charge < -0.3 is 13.6 Å². The first-order valence-electron chi connectivity index (χ1n) is 24.8. The summed E-state index contributed by atoms with van der Waals surface area (Å²) < 4.78 is 14.4. The van der Waals surface area contributed by atoms with Crippen LogP contribution < -0.4 is 0 Å². The van der Waals surface area contributed by atoms with Crippen LogP contribution >= 0.6 is 11.3 Å². The average Bonchev–Trinajstić information content (AvgIpc) is 4.29. The van der Waals surface area contributed by atoms with E-state index >= 15 is 0 Å². The summed E-state index contributed by atoms with van der Waals surface area (Å²) in [6.45, 7) is 0. The van der Waals surface area contributed by atoms with E-state index in [-0.39, 0.29) is 0 Å². The lowest BCUT2D eigenvalue weighted by atomic mass is 9.94. The predicted molar refractivity (Wildman–Crippen MR) is 306 cm³/mol. The minimum absolute atomic E-state index is 0.932. The Kier molecular flexibility index (Phi) is 7.61. The Morgan fingerprint density at radius 1 is 0.306 bits per heavy atom. The molecule has 332 valence electrons. The highest BCUT2D eigenvalue weighted by Crippen LogP contribution is 2.60. The number of para-hydroxylation sites is 5. The molecule has 16 aromatic rings. The Labute approximate surface area is 416 Å². The normalized spacial score (nSPS) is 12.4. The highest BCUT2D eigenvalue weighted by Gasteiger charge is 2.34. The van der Waals surface area contributed by atoms with Crippen molar-refractivity contribution in [2.24, 2.45) is 0 Å². The van der Waals surface area contributed by atoms with Crippen molar-refractivity contribution in [2.45, 2.75) is 0 Å². The number of furan rings is 1. The smallest absolute Gasteiger partial charge is 0.146 e. The van der Waals surface area contributed by atoms with Crippen LogP contribution in [0.1, 0.15) is 0 Å². The lowest BCUT2D eigenvalue weighted by molar-refractivity contribution is 0.673. The molecule has 0 radical (unpaired) electrons. The maximum absolute atomic E-state index is 6.73. The Balaban J connectivity index is 0.000000120. The zero-order valence-electron chi connectivity index (χ0n) is 38.7. The Morgan fingerprint density at radius 2 is 0.764 bits per heavy atom. The first-order valence-corrected chi connectivity index (χ1v) is 25.6. The van der Waals surface area contributed by atoms with Crippen molar-refractivity contribution in [3.05, 3.63) is 231 Å². The van der Waals surface area contributed by atoms with Crippen LogP contribution in [-0.4, -0.2) is 9.13 Å². The van der Waals surface area contributed by atoms with Crippen LogP contribution in [0.5, 0.6) is 0 Å². The van der Waals surface area contributed by atoms with Gasteiger partial charge in [0.25, 0.3) is 0 Å². The number of nitrogens with zero attached hydrogens (tertiary/aromatic N) is 2. The largest absolute Gasteiger partial charge is 0.455 e. The van der Waals surface area contributed by atoms with E-state index in [9.17, 15) is 0 Å². The molecule has 12 aromatic carbocycles. The highest BCUT2D eigenvalue weighted by atomic mass is 32.1. The monoisotopic (exact) mass is 930 g/mol. The molecule has 0 fully saturated rings. The van der Waals surface area contributed by atoms with E-state index in [4.69, 9.17) is 4.42 Å². The molecule has 0 atom stereocenters. The highest BCUT2D eigenvalue weighted by molar-refractivity contribution is 7.26. The molecule has 0 bridgehead atoms. The maximum atomic E-state index is 6.73. The number of fused-ring (bicyclic) bond motifs is 24. The van der Waals surface area contributed by atoms with Crippen molar-refractivity contribution in [1.29, 1.82) is 0 Å². The van der Waals surface area contributed by atoms with E-state index in [0.717, 1.165) is 16.9 Å². The summed E-state index contributed by atoms with van der Waals surface area (Å²) >= 11 is 1.94. The molecule has 4 heteroatoms. The second-order valence-corrected chi connectivity index (χ2v) is 20.4. The summed E-state index contributed by atoms with van der Waals surface area (Å²) in [7, 11) is 0. The van der Waals surface area contributed by atoms with Crippen LogP contribution in [0.2, 0.25) is 0 Å². The van der Waals surface area contributed by atoms with Crippen molar-refractivity contribution in [3.8, 4) is 55.9 Å². The molecule has 0 amide bonds. The number of hydrogen-bond acceptors (Lipinski definition) is 2. The molecule has 2 aliphatic carbocycles. The molecule has 0 aliphatic heterocycles. The minimum atomic E-state index is 0.932. The van der Waals surface area contributed by atoms with E-state index < -0.39 is 0 Å². The number of hydrogen-bond donors (Lipinski definition) is 0. The minimum Gasteiger partial charge on any atom is -0.455 e. The molecule has 2 aliphatic rings. The number of benzene rings is 12. The summed E-state index contributed by atoms with van der Waals surface area (Å²) in [6.07, 6.45) is 0. The fourth-order valence-corrected chi connectivity index (χ4v) is 14.4. The summed E-state index contributed by atoms with van der Waals surface area (Å²) in [6, 6.07) is 83.6. The number of aromatic nitrogens is 2. The van der Waals surface area contributed by atoms with Crippen LogP contribution in [0.3, 0.4) is 0 Å². The van der Waals surface area contributed by atoms with Crippen LogP contribution in [0.4, 0.5) is 0 Å². The fraction of sp³-hybridized carbons (Fsp3) is 0. The predicted octanol–water partition coefficient (Wildman–Crippen LogP) is 19.4. The van der Waals surface area contributed by atoms with Gasteiger partial charge in [0.2, 0.25) is 0 Å². The van der Waals surface area contributed by atoms with E-state index in [1.807, 2.05) is 11.3 Å². The van der Waals surface area contributed by atoms with Crippen molar-refractivity contribution < 1.29 is 4.42 Å². The summed E-state index contributed by atoms with van der Waals surface area (Å²) in [5.74, 6) is 0. The average molecular weight is 931 g/mol. The lowest BCUT2D eigenvalue weighted by Crippen LogP contribution is -1.95. The molecule has 4 heterocycles. The second-order valence-electron chi connectivity index (χ2n) is 19.3. The van der Waals surface area contributed by atoms with Gasteiger partial charge in [-0.15, -0.1) is 11.3 Å². The summed E-state index contributed by atoms with van der Waals surface area (Å²) in [5, 5.41) is 15.5. The molecule has 0 saturated carbocycles. The third kappa shape index (κ3) is 4.89. The quantitative estimate of drug-likeness (QED) is 0.169. The van der Waals surface area contributed by atoms with Gasteiger partial charge in [-0.05, 0) is 92.3 Å². The van der Waals surface area contributed by atoms with Gasteiger partial charge >= 0.3 is 0 Å². The molecule has 4 aromatic heterocycles. The van der Waals surface area contributed by atoms with Crippen LogP contribution in [0, 0.1) is 0 Å². The van der Waals surface area contributed by atoms with Crippen LogP contribution in [-0.2, 0) is 0 Å². The third-order valence-corrected chi connectivity index (χ3v) is 17.0. The lowest BCUT2D eigenvalue weighted by Gasteiger charge is -2.13. The third-order valence-electron chi connectivity index (χ3n) is 15.8. The Morgan fingerprint density at radius 3 is 1.38 bits per heavy atom. The van der Waals surface area contributed by atoms with Gasteiger partial charge in [-0.2, -0.15) is 0 Å². The zero-order chi connectivity index (χ0) is 46.8. The van der Waals surface area contributed by atoms with Crippen LogP contribution in [0.25, 0.3) is 163 Å². The SMILES string of the molecule is c1ccc(-n2c3ccccc3c3c4c(sc5ccccc54)c4c(c32)-c2cccc3cccc-4c23)cc1.c1ccc(-n2c3ccccc3c3c4oc5ccccc5c4c4c(c32)-c2cccc3cccc-4c23)cc1. The van der Waals surface area contributed by atoms with Gasteiger partial charge in [0.15, 0.2) is 0 Å². The number of rotatable bonds is 2. The van der Waals surface area contributed by atoms with Crippen molar-refractivity contribution in [1.82, 2.24) is 9.13 Å². The topological polar surface area (TPSA) is 23.0 Å². The van der Waals surface area contributed by atoms with Gasteiger partial charge in [0, 0.05) is 80.7 Å². The van der Waals surface area contributed by atoms with E-state index in [2.05, 4.69) is 240 Å². The first-order chi connectivity index (χ1) is 35.8. The summed E-state index contributed by atoms with van der Waals surface area (Å²) in [4.78, 5) is 0. The van der Waals surface area contributed by atoms with E-state index in [1.54, 1.807) is 0 Å². The molecular weight excluding hydrogens is 893 g/mol. The van der Waals surface area contributed by atoms with Gasteiger partial charge in [0.1, 0.15) is 11.2 Å². The van der Waals surface area contributed by atoms with Gasteiger partial charge in [-0.25, -0.2) is 0 Å². The molecule has 0 saturated heterocycles. The van der Waals surface area contributed by atoms with Crippen molar-refractivity contribution in [3.63, 3.8) is 0 Å². The van der Waals surface area contributed by atoms with Crippen molar-refractivity contribution >= 4 is 119 Å². The molecule has 72 heavy (non-hydrogen) atoms. The Hall–Kier alpha value is -9.22. The van der Waals surface area contributed by atoms with E-state index in [1.165, 1.54) is 146 Å². The maximum Gasteiger partial charge on any atom is 0.146 e. The molecule has 18 rings (SSSR count). The van der Waals surface area contributed by atoms with Crippen LogP contribution in [0.15, 0.2) is 235 Å². The number of thiophene rings is 1. The molecule has 0 N–H and O–H groups in total. The van der Waals surface area contributed by atoms with E-state index in [0.29, 0.717) is 0 Å². The molecular formula is C68H38N2OS. The van der Waals surface area contributed by atoms with Gasteiger partial charge in [-0.3, -0.25) is 0 Å². The molecule has 0 spiro atoms. The first kappa shape index (κ1) is 38.6. The standard InChI is InChI=1S/C34H19NO.C34H19NS/c1-2-12-21(13-3-1)35-26-18-6-4-14-22(26)32-33(35)30-25-17-9-11-20-10-8-16-24(28(20)25)29(30)31-23-15-5-7-19-27(23)36-34(31)32;1-2-12-21(13-3-1)35-26-18-6-4-14-22(26)29-31-23-15-5-7-19-27(23)36-34(31)32-25-17-9-11-20-10-8-16-24(28(20)25)30(32)33(29)35/h2*1-19H.